The Morgan fingerprint density at radius 1 is 1.24 bits per heavy atom. The number of rotatable bonds is 6. The van der Waals surface area contributed by atoms with Crippen molar-refractivity contribution in [2.75, 3.05) is 13.1 Å². The summed E-state index contributed by atoms with van der Waals surface area (Å²) in [5.41, 5.74) is -2.61. The van der Waals surface area contributed by atoms with Crippen LogP contribution in [0.3, 0.4) is 0 Å². The number of hydrogen-bond acceptors (Lipinski definition) is 4. The molecule has 1 aliphatic rings. The van der Waals surface area contributed by atoms with E-state index in [2.05, 4.69) is 5.16 Å². The Balaban J connectivity index is 1.92. The van der Waals surface area contributed by atoms with Crippen molar-refractivity contribution in [2.45, 2.75) is 31.5 Å². The van der Waals surface area contributed by atoms with Crippen molar-refractivity contribution in [1.29, 1.82) is 5.26 Å². The Bertz CT molecular complexity index is 1160. The highest BCUT2D eigenvalue weighted by Gasteiger charge is 2.62. The maximum Gasteiger partial charge on any atom is 0.435 e. The Morgan fingerprint density at radius 2 is 1.88 bits per heavy atom. The minimum atomic E-state index is -4.87. The first-order valence-corrected chi connectivity index (χ1v) is 10.5. The lowest BCUT2D eigenvalue weighted by molar-refractivity contribution is -0.275. The first-order valence-electron chi connectivity index (χ1n) is 9.71. The van der Waals surface area contributed by atoms with Crippen LogP contribution < -0.4 is 0 Å². The van der Waals surface area contributed by atoms with Crippen LogP contribution >= 0.6 is 23.2 Å². The quantitative estimate of drug-likeness (QED) is 0.341. The van der Waals surface area contributed by atoms with E-state index in [1.54, 1.807) is 6.07 Å². The molecule has 0 spiro atoms. The molecule has 0 radical (unpaired) electrons. The molecule has 1 atom stereocenters. The molecule has 34 heavy (non-hydrogen) atoms. The van der Waals surface area contributed by atoms with Gasteiger partial charge in [-0.2, -0.15) is 18.4 Å². The van der Waals surface area contributed by atoms with Crippen molar-refractivity contribution in [1.82, 2.24) is 4.90 Å². The highest BCUT2D eigenvalue weighted by Crippen LogP contribution is 2.49. The van der Waals surface area contributed by atoms with E-state index in [1.165, 1.54) is 31.2 Å². The van der Waals surface area contributed by atoms with E-state index in [1.807, 2.05) is 0 Å². The highest BCUT2D eigenvalue weighted by atomic mass is 35.5. The lowest BCUT2D eigenvalue weighted by Crippen LogP contribution is -2.42. The standard InChI is InChI=1S/C22H16Cl2F5N3O2/c1-12-6-13(2-3-17(12)20(33)32(5-4-30)11-19(25)26)18-10-21(34-31-18,22(27,28)29)14-7-15(23)9-16(24)8-14/h2-3,6-9,19H,5,10-11H2,1H3. The van der Waals surface area contributed by atoms with Crippen LogP contribution in [0.1, 0.15) is 33.5 Å². The third kappa shape index (κ3) is 5.10. The fraction of sp³-hybridized carbons (Fsp3) is 0.318. The molecule has 0 N–H and O–H groups in total. The predicted molar refractivity (Wildman–Crippen MR) is 115 cm³/mol. The second kappa shape index (κ2) is 9.76. The smallest absolute Gasteiger partial charge is 0.374 e. The van der Waals surface area contributed by atoms with Crippen LogP contribution in [0.15, 0.2) is 41.6 Å². The molecule has 0 saturated heterocycles. The number of oxime groups is 1. The van der Waals surface area contributed by atoms with Gasteiger partial charge in [-0.05, 0) is 48.4 Å². The zero-order valence-electron chi connectivity index (χ0n) is 17.5. The average molecular weight is 520 g/mol. The number of halogens is 7. The van der Waals surface area contributed by atoms with Crippen LogP contribution in [-0.2, 0) is 10.4 Å². The van der Waals surface area contributed by atoms with Crippen LogP contribution in [0.25, 0.3) is 0 Å². The van der Waals surface area contributed by atoms with E-state index >= 15 is 0 Å². The Morgan fingerprint density at radius 3 is 2.41 bits per heavy atom. The van der Waals surface area contributed by atoms with Gasteiger partial charge in [0.15, 0.2) is 0 Å². The number of carbonyl (C=O) groups is 1. The molecule has 1 aliphatic heterocycles. The topological polar surface area (TPSA) is 65.7 Å². The number of carbonyl (C=O) groups excluding carboxylic acids is 1. The Hall–Kier alpha value is -2.90. The van der Waals surface area contributed by atoms with Crippen molar-refractivity contribution in [3.8, 4) is 6.07 Å². The van der Waals surface area contributed by atoms with E-state index in [0.717, 1.165) is 12.1 Å². The summed E-state index contributed by atoms with van der Waals surface area (Å²) in [6.45, 7) is 0.0272. The minimum absolute atomic E-state index is 0.00685. The summed E-state index contributed by atoms with van der Waals surface area (Å²) >= 11 is 11.8. The van der Waals surface area contributed by atoms with E-state index in [4.69, 9.17) is 33.3 Å². The van der Waals surface area contributed by atoms with Crippen LogP contribution in [0.2, 0.25) is 10.0 Å². The fourth-order valence-electron chi connectivity index (χ4n) is 3.57. The fourth-order valence-corrected chi connectivity index (χ4v) is 4.10. The molecule has 0 aliphatic carbocycles. The second-order valence-corrected chi connectivity index (χ2v) is 8.43. The van der Waals surface area contributed by atoms with Gasteiger partial charge in [0.25, 0.3) is 17.9 Å². The molecule has 5 nitrogen and oxygen atoms in total. The number of hydrogen-bond donors (Lipinski definition) is 0. The number of nitrogens with zero attached hydrogens (tertiary/aromatic N) is 3. The van der Waals surface area contributed by atoms with Gasteiger partial charge in [0.1, 0.15) is 6.54 Å². The lowest BCUT2D eigenvalue weighted by Gasteiger charge is -2.29. The molecule has 2 aromatic carbocycles. The van der Waals surface area contributed by atoms with E-state index in [-0.39, 0.29) is 32.4 Å². The maximum atomic E-state index is 14.1. The summed E-state index contributed by atoms with van der Waals surface area (Å²) in [4.78, 5) is 18.3. The van der Waals surface area contributed by atoms with Crippen molar-refractivity contribution >= 4 is 34.8 Å². The number of amides is 1. The molecule has 0 aromatic heterocycles. The van der Waals surface area contributed by atoms with Gasteiger partial charge in [-0.1, -0.05) is 34.4 Å². The van der Waals surface area contributed by atoms with Crippen LogP contribution in [-0.4, -0.2) is 42.2 Å². The molecule has 1 amide bonds. The molecular weight excluding hydrogens is 504 g/mol. The van der Waals surface area contributed by atoms with Crippen molar-refractivity contribution in [3.63, 3.8) is 0 Å². The molecular formula is C22H16Cl2F5N3O2. The molecule has 180 valence electrons. The summed E-state index contributed by atoms with van der Waals surface area (Å²) in [6, 6.07) is 9.17. The first-order chi connectivity index (χ1) is 15.9. The number of aryl methyl sites for hydroxylation is 1. The summed E-state index contributed by atoms with van der Waals surface area (Å²) in [5, 5.41) is 12.5. The largest absolute Gasteiger partial charge is 0.435 e. The van der Waals surface area contributed by atoms with Gasteiger partial charge in [0.05, 0.1) is 18.3 Å². The molecule has 0 bridgehead atoms. The summed E-state index contributed by atoms with van der Waals surface area (Å²) in [5.74, 6) is -0.797. The Kier molecular flexibility index (Phi) is 7.38. The number of nitriles is 1. The SMILES string of the molecule is Cc1cc(C2=NOC(c3cc(Cl)cc(Cl)c3)(C(F)(F)F)C2)ccc1C(=O)N(CC#N)CC(F)F. The minimum Gasteiger partial charge on any atom is -0.374 e. The third-order valence-corrected chi connectivity index (χ3v) is 5.65. The van der Waals surface area contributed by atoms with Crippen LogP contribution in [0.4, 0.5) is 22.0 Å². The zero-order chi connectivity index (χ0) is 25.3. The van der Waals surface area contributed by atoms with Gasteiger partial charge in [-0.25, -0.2) is 8.78 Å². The van der Waals surface area contributed by atoms with Gasteiger partial charge >= 0.3 is 6.18 Å². The third-order valence-electron chi connectivity index (χ3n) is 5.21. The van der Waals surface area contributed by atoms with Gasteiger partial charge < -0.3 is 9.74 Å². The lowest BCUT2D eigenvalue weighted by atomic mass is 9.86. The average Bonchev–Trinajstić information content (AvgIpc) is 3.19. The van der Waals surface area contributed by atoms with Gasteiger partial charge in [0, 0.05) is 27.6 Å². The molecule has 3 rings (SSSR count). The van der Waals surface area contributed by atoms with Crippen molar-refractivity contribution in [3.05, 3.63) is 68.7 Å². The summed E-state index contributed by atoms with van der Waals surface area (Å²) < 4.78 is 68.0. The molecule has 1 unspecified atom stereocenters. The number of alkyl halides is 5. The van der Waals surface area contributed by atoms with Gasteiger partial charge in [-0.3, -0.25) is 4.79 Å². The zero-order valence-corrected chi connectivity index (χ0v) is 19.0. The normalized spacial score (nSPS) is 17.8. The highest BCUT2D eigenvalue weighted by molar-refractivity contribution is 6.34. The number of benzene rings is 2. The molecule has 0 saturated carbocycles. The van der Waals surface area contributed by atoms with Crippen molar-refractivity contribution in [2.24, 2.45) is 5.16 Å². The van der Waals surface area contributed by atoms with E-state index in [0.29, 0.717) is 10.5 Å². The monoisotopic (exact) mass is 519 g/mol. The summed E-state index contributed by atoms with van der Waals surface area (Å²) in [6.07, 6.45) is -8.40. The van der Waals surface area contributed by atoms with E-state index < -0.39 is 43.6 Å². The predicted octanol–water partition coefficient (Wildman–Crippen LogP) is 6.11. The van der Waals surface area contributed by atoms with Crippen molar-refractivity contribution < 1.29 is 31.6 Å². The molecule has 2 aromatic rings. The molecule has 0 fully saturated rings. The van der Waals surface area contributed by atoms with Gasteiger partial charge in [0.2, 0.25) is 0 Å². The molecule has 1 heterocycles. The second-order valence-electron chi connectivity index (χ2n) is 7.55. The van der Waals surface area contributed by atoms with E-state index in [9.17, 15) is 26.7 Å². The van der Waals surface area contributed by atoms with Crippen LogP contribution in [0, 0.1) is 18.3 Å². The van der Waals surface area contributed by atoms with Gasteiger partial charge in [-0.15, -0.1) is 0 Å². The summed E-state index contributed by atoms with van der Waals surface area (Å²) in [7, 11) is 0. The Labute approximate surface area is 201 Å². The first kappa shape index (κ1) is 25.7. The maximum absolute atomic E-state index is 14.1. The molecule has 12 heteroatoms. The van der Waals surface area contributed by atoms with Crippen LogP contribution in [0.5, 0.6) is 0 Å².